The Kier molecular flexibility index (Phi) is 3.46. The van der Waals surface area contributed by atoms with Gasteiger partial charge in [-0.05, 0) is 30.2 Å². The number of rotatable bonds is 3. The van der Waals surface area contributed by atoms with Gasteiger partial charge in [0, 0.05) is 32.6 Å². The van der Waals surface area contributed by atoms with Crippen molar-refractivity contribution in [3.05, 3.63) is 29.1 Å². The first-order chi connectivity index (χ1) is 9.99. The highest BCUT2D eigenvalue weighted by molar-refractivity contribution is 5.78. The molecule has 0 fully saturated rings. The van der Waals surface area contributed by atoms with Crippen molar-refractivity contribution in [3.63, 3.8) is 0 Å². The van der Waals surface area contributed by atoms with E-state index in [0.717, 1.165) is 31.0 Å². The standard InChI is InChI=1S/C17H22N4/c1-11(2)17-19-15-5-13-9-21(8-12(3)7-18)10-14(13)6-16(15)20(17)4/h5-6,11-12H,8-10H2,1-4H3. The van der Waals surface area contributed by atoms with Gasteiger partial charge in [-0.15, -0.1) is 0 Å². The monoisotopic (exact) mass is 282 g/mol. The van der Waals surface area contributed by atoms with E-state index in [1.807, 2.05) is 6.92 Å². The summed E-state index contributed by atoms with van der Waals surface area (Å²) in [6, 6.07) is 6.83. The summed E-state index contributed by atoms with van der Waals surface area (Å²) < 4.78 is 2.21. The van der Waals surface area contributed by atoms with Crippen LogP contribution in [0, 0.1) is 17.2 Å². The summed E-state index contributed by atoms with van der Waals surface area (Å²) in [7, 11) is 2.10. The maximum absolute atomic E-state index is 8.96. The second-order valence-electron chi connectivity index (χ2n) is 6.49. The molecular weight excluding hydrogens is 260 g/mol. The van der Waals surface area contributed by atoms with Crippen LogP contribution in [-0.2, 0) is 20.1 Å². The van der Waals surface area contributed by atoms with Crippen molar-refractivity contribution in [2.75, 3.05) is 6.54 Å². The molecule has 0 radical (unpaired) electrons. The van der Waals surface area contributed by atoms with E-state index in [1.54, 1.807) is 0 Å². The molecule has 110 valence electrons. The maximum atomic E-state index is 8.96. The highest BCUT2D eigenvalue weighted by Gasteiger charge is 2.22. The van der Waals surface area contributed by atoms with Crippen molar-refractivity contribution in [1.82, 2.24) is 14.5 Å². The van der Waals surface area contributed by atoms with E-state index in [-0.39, 0.29) is 5.92 Å². The predicted molar refractivity (Wildman–Crippen MR) is 83.7 cm³/mol. The van der Waals surface area contributed by atoms with Crippen molar-refractivity contribution < 1.29 is 0 Å². The van der Waals surface area contributed by atoms with Crippen LogP contribution in [0.25, 0.3) is 11.0 Å². The second kappa shape index (κ2) is 5.16. The minimum atomic E-state index is 0.0828. The lowest BCUT2D eigenvalue weighted by Gasteiger charge is -2.15. The van der Waals surface area contributed by atoms with Crippen LogP contribution in [0.15, 0.2) is 12.1 Å². The molecule has 1 atom stereocenters. The first-order valence-electron chi connectivity index (χ1n) is 7.59. The van der Waals surface area contributed by atoms with Gasteiger partial charge in [0.2, 0.25) is 0 Å². The molecule has 1 unspecified atom stereocenters. The summed E-state index contributed by atoms with van der Waals surface area (Å²) >= 11 is 0. The van der Waals surface area contributed by atoms with Crippen molar-refractivity contribution >= 4 is 11.0 Å². The number of aryl methyl sites for hydroxylation is 1. The van der Waals surface area contributed by atoms with Gasteiger partial charge in [0.05, 0.1) is 23.0 Å². The average Bonchev–Trinajstić information content (AvgIpc) is 2.97. The molecule has 1 aromatic carbocycles. The smallest absolute Gasteiger partial charge is 0.112 e. The van der Waals surface area contributed by atoms with Crippen LogP contribution >= 0.6 is 0 Å². The zero-order valence-electron chi connectivity index (χ0n) is 13.2. The Bertz CT molecular complexity index is 720. The molecule has 0 N–H and O–H groups in total. The average molecular weight is 282 g/mol. The Morgan fingerprint density at radius 3 is 2.52 bits per heavy atom. The van der Waals surface area contributed by atoms with E-state index in [1.165, 1.54) is 16.6 Å². The van der Waals surface area contributed by atoms with Gasteiger partial charge in [-0.25, -0.2) is 4.98 Å². The Balaban J connectivity index is 1.93. The van der Waals surface area contributed by atoms with Crippen LogP contribution < -0.4 is 0 Å². The van der Waals surface area contributed by atoms with E-state index in [2.05, 4.69) is 48.6 Å². The Labute approximate surface area is 126 Å². The summed E-state index contributed by atoms with van der Waals surface area (Å²) in [5.74, 6) is 1.66. The first kappa shape index (κ1) is 14.1. The molecule has 3 rings (SSSR count). The van der Waals surface area contributed by atoms with E-state index >= 15 is 0 Å². The predicted octanol–water partition coefficient (Wildman–Crippen LogP) is 3.17. The fraction of sp³-hybridized carbons (Fsp3) is 0.529. The van der Waals surface area contributed by atoms with E-state index in [0.29, 0.717) is 5.92 Å². The van der Waals surface area contributed by atoms with Gasteiger partial charge in [-0.2, -0.15) is 5.26 Å². The van der Waals surface area contributed by atoms with Crippen molar-refractivity contribution in [3.8, 4) is 6.07 Å². The van der Waals surface area contributed by atoms with Gasteiger partial charge < -0.3 is 4.57 Å². The van der Waals surface area contributed by atoms with Crippen LogP contribution in [0.4, 0.5) is 0 Å². The van der Waals surface area contributed by atoms with E-state index in [4.69, 9.17) is 10.2 Å². The van der Waals surface area contributed by atoms with Crippen molar-refractivity contribution in [2.45, 2.75) is 39.8 Å². The molecule has 0 saturated carbocycles. The fourth-order valence-corrected chi connectivity index (χ4v) is 3.25. The van der Waals surface area contributed by atoms with Crippen LogP contribution in [-0.4, -0.2) is 21.0 Å². The Hall–Kier alpha value is -1.86. The van der Waals surface area contributed by atoms with Crippen LogP contribution in [0.2, 0.25) is 0 Å². The second-order valence-corrected chi connectivity index (χ2v) is 6.49. The van der Waals surface area contributed by atoms with Crippen LogP contribution in [0.5, 0.6) is 0 Å². The number of hydrogen-bond acceptors (Lipinski definition) is 3. The van der Waals surface area contributed by atoms with Crippen molar-refractivity contribution in [1.29, 1.82) is 5.26 Å². The SMILES string of the molecule is CC(C#N)CN1Cc2cc3nc(C(C)C)n(C)c3cc2C1. The quantitative estimate of drug-likeness (QED) is 0.868. The van der Waals surface area contributed by atoms with Gasteiger partial charge in [0.1, 0.15) is 5.82 Å². The molecule has 21 heavy (non-hydrogen) atoms. The fourth-order valence-electron chi connectivity index (χ4n) is 3.25. The van der Waals surface area contributed by atoms with Gasteiger partial charge in [0.25, 0.3) is 0 Å². The zero-order valence-corrected chi connectivity index (χ0v) is 13.2. The molecule has 1 aromatic heterocycles. The number of benzene rings is 1. The molecule has 0 bridgehead atoms. The third-order valence-electron chi connectivity index (χ3n) is 4.29. The third-order valence-corrected chi connectivity index (χ3v) is 4.29. The number of imidazole rings is 1. The molecule has 0 aliphatic carbocycles. The number of nitrogens with zero attached hydrogens (tertiary/aromatic N) is 4. The highest BCUT2D eigenvalue weighted by atomic mass is 15.1. The maximum Gasteiger partial charge on any atom is 0.112 e. The highest BCUT2D eigenvalue weighted by Crippen LogP contribution is 2.29. The minimum absolute atomic E-state index is 0.0828. The normalized spacial score (nSPS) is 16.4. The van der Waals surface area contributed by atoms with Gasteiger partial charge in [-0.3, -0.25) is 4.90 Å². The molecular formula is C17H22N4. The summed E-state index contributed by atoms with van der Waals surface area (Å²) in [5, 5.41) is 8.96. The molecule has 4 heteroatoms. The molecule has 0 amide bonds. The number of fused-ring (bicyclic) bond motifs is 2. The lowest BCUT2D eigenvalue weighted by Crippen LogP contribution is -2.22. The van der Waals surface area contributed by atoms with Crippen LogP contribution in [0.1, 0.15) is 43.6 Å². The number of aromatic nitrogens is 2. The summed E-state index contributed by atoms with van der Waals surface area (Å²) in [5.41, 5.74) is 5.05. The lowest BCUT2D eigenvalue weighted by atomic mass is 10.1. The number of nitriles is 1. The first-order valence-corrected chi connectivity index (χ1v) is 7.59. The molecule has 2 heterocycles. The Morgan fingerprint density at radius 2 is 1.90 bits per heavy atom. The largest absolute Gasteiger partial charge is 0.331 e. The topological polar surface area (TPSA) is 44.9 Å². The molecule has 2 aromatic rings. The molecule has 0 saturated heterocycles. The summed E-state index contributed by atoms with van der Waals surface area (Å²) in [6.07, 6.45) is 0. The lowest BCUT2D eigenvalue weighted by molar-refractivity contribution is 0.264. The van der Waals surface area contributed by atoms with Gasteiger partial charge in [-0.1, -0.05) is 13.8 Å². The van der Waals surface area contributed by atoms with Gasteiger partial charge in [0.15, 0.2) is 0 Å². The van der Waals surface area contributed by atoms with Gasteiger partial charge >= 0.3 is 0 Å². The molecule has 4 nitrogen and oxygen atoms in total. The third kappa shape index (κ3) is 2.43. The van der Waals surface area contributed by atoms with Crippen molar-refractivity contribution in [2.24, 2.45) is 13.0 Å². The summed E-state index contributed by atoms with van der Waals surface area (Å²) in [6.45, 7) is 9.06. The molecule has 1 aliphatic heterocycles. The van der Waals surface area contributed by atoms with E-state index < -0.39 is 0 Å². The van der Waals surface area contributed by atoms with Crippen LogP contribution in [0.3, 0.4) is 0 Å². The summed E-state index contributed by atoms with van der Waals surface area (Å²) in [4.78, 5) is 7.13. The zero-order chi connectivity index (χ0) is 15.1. The molecule has 0 spiro atoms. The molecule has 1 aliphatic rings. The minimum Gasteiger partial charge on any atom is -0.331 e. The Morgan fingerprint density at radius 1 is 1.24 bits per heavy atom. The van der Waals surface area contributed by atoms with E-state index in [9.17, 15) is 0 Å². The number of hydrogen-bond donors (Lipinski definition) is 0.